The highest BCUT2D eigenvalue weighted by Gasteiger charge is 2.28. The van der Waals surface area contributed by atoms with E-state index in [0.29, 0.717) is 17.7 Å². The fourth-order valence-electron chi connectivity index (χ4n) is 2.13. The number of hydrogen-bond acceptors (Lipinski definition) is 4. The molecule has 1 heterocycles. The van der Waals surface area contributed by atoms with Crippen LogP contribution in [0.3, 0.4) is 0 Å². The van der Waals surface area contributed by atoms with Crippen LogP contribution in [0.4, 0.5) is 4.39 Å². The SMILES string of the molecule is O=S(=O)(Cl)Cc1noc2c1Cc1cc(F)ccc1-2. The van der Waals surface area contributed by atoms with Crippen molar-refractivity contribution in [2.24, 2.45) is 0 Å². The molecule has 0 atom stereocenters. The van der Waals surface area contributed by atoms with E-state index in [-0.39, 0.29) is 17.3 Å². The van der Waals surface area contributed by atoms with Gasteiger partial charge in [-0.3, -0.25) is 0 Å². The van der Waals surface area contributed by atoms with Gasteiger partial charge in [0.15, 0.2) is 5.76 Å². The van der Waals surface area contributed by atoms with Gasteiger partial charge in [0.1, 0.15) is 17.3 Å². The number of halogens is 2. The predicted octanol–water partition coefficient (Wildman–Crippen LogP) is 2.45. The number of fused-ring (bicyclic) bond motifs is 3. The Kier molecular flexibility index (Phi) is 2.46. The first-order valence-electron chi connectivity index (χ1n) is 5.12. The highest BCUT2D eigenvalue weighted by molar-refractivity contribution is 8.13. The van der Waals surface area contributed by atoms with E-state index in [1.807, 2.05) is 0 Å². The summed E-state index contributed by atoms with van der Waals surface area (Å²) in [4.78, 5) is 0. The number of hydrogen-bond donors (Lipinski definition) is 0. The molecule has 0 bridgehead atoms. The Morgan fingerprint density at radius 3 is 2.94 bits per heavy atom. The third kappa shape index (κ3) is 1.91. The standard InChI is InChI=1S/C11H7ClFNO3S/c12-18(15,16)5-10-9-4-6-3-7(13)1-2-8(6)11(9)17-14-10/h1-3H,4-5H2. The van der Waals surface area contributed by atoms with Crippen LogP contribution in [0.2, 0.25) is 0 Å². The van der Waals surface area contributed by atoms with Crippen LogP contribution >= 0.6 is 10.7 Å². The van der Waals surface area contributed by atoms with Crippen LogP contribution in [0, 0.1) is 5.82 Å². The summed E-state index contributed by atoms with van der Waals surface area (Å²) in [5.74, 6) is -0.220. The molecular weight excluding hydrogens is 281 g/mol. The zero-order valence-corrected chi connectivity index (χ0v) is 10.6. The van der Waals surface area contributed by atoms with Gasteiger partial charge in [-0.2, -0.15) is 0 Å². The monoisotopic (exact) mass is 287 g/mol. The summed E-state index contributed by atoms with van der Waals surface area (Å²) < 4.78 is 40.3. The summed E-state index contributed by atoms with van der Waals surface area (Å²) in [5, 5.41) is 3.71. The molecule has 94 valence electrons. The minimum atomic E-state index is -3.69. The molecule has 1 aliphatic rings. The average molecular weight is 288 g/mol. The zero-order chi connectivity index (χ0) is 12.9. The first kappa shape index (κ1) is 11.7. The maximum absolute atomic E-state index is 13.1. The molecule has 0 amide bonds. The normalized spacial score (nSPS) is 13.4. The van der Waals surface area contributed by atoms with Crippen molar-refractivity contribution in [1.82, 2.24) is 5.16 Å². The van der Waals surface area contributed by atoms with Crippen molar-refractivity contribution in [2.45, 2.75) is 12.2 Å². The van der Waals surface area contributed by atoms with Crippen molar-refractivity contribution >= 4 is 19.7 Å². The fourth-order valence-corrected chi connectivity index (χ4v) is 3.00. The fraction of sp³-hybridized carbons (Fsp3) is 0.182. The van der Waals surface area contributed by atoms with Gasteiger partial charge in [0, 0.05) is 28.2 Å². The molecular formula is C11H7ClFNO3S. The average Bonchev–Trinajstić information content (AvgIpc) is 2.76. The van der Waals surface area contributed by atoms with E-state index in [1.54, 1.807) is 6.07 Å². The Bertz CT molecular complexity index is 739. The quantitative estimate of drug-likeness (QED) is 0.679. The molecule has 0 radical (unpaired) electrons. The highest BCUT2D eigenvalue weighted by Crippen LogP contribution is 2.39. The minimum Gasteiger partial charge on any atom is -0.356 e. The van der Waals surface area contributed by atoms with Crippen LogP contribution < -0.4 is 0 Å². The first-order valence-corrected chi connectivity index (χ1v) is 7.60. The number of benzene rings is 1. The van der Waals surface area contributed by atoms with Gasteiger partial charge < -0.3 is 4.52 Å². The van der Waals surface area contributed by atoms with Crippen molar-refractivity contribution in [3.63, 3.8) is 0 Å². The van der Waals surface area contributed by atoms with Gasteiger partial charge in [-0.05, 0) is 23.8 Å². The Morgan fingerprint density at radius 2 is 2.22 bits per heavy atom. The summed E-state index contributed by atoms with van der Waals surface area (Å²) in [6.45, 7) is 0. The third-order valence-corrected chi connectivity index (χ3v) is 3.80. The second-order valence-corrected chi connectivity index (χ2v) is 6.88. The van der Waals surface area contributed by atoms with Crippen LogP contribution in [0.15, 0.2) is 22.7 Å². The smallest absolute Gasteiger partial charge is 0.238 e. The molecule has 0 saturated carbocycles. The van der Waals surface area contributed by atoms with Crippen LogP contribution in [-0.4, -0.2) is 13.6 Å². The van der Waals surface area contributed by atoms with E-state index >= 15 is 0 Å². The van der Waals surface area contributed by atoms with Gasteiger partial charge in [0.05, 0.1) is 0 Å². The molecule has 1 aromatic heterocycles. The molecule has 3 rings (SSSR count). The predicted molar refractivity (Wildman–Crippen MR) is 63.2 cm³/mol. The molecule has 1 aliphatic carbocycles. The van der Waals surface area contributed by atoms with E-state index in [9.17, 15) is 12.8 Å². The number of nitrogens with zero attached hydrogens (tertiary/aromatic N) is 1. The topological polar surface area (TPSA) is 60.2 Å². The minimum absolute atomic E-state index is 0.289. The van der Waals surface area contributed by atoms with Gasteiger partial charge in [-0.25, -0.2) is 12.8 Å². The van der Waals surface area contributed by atoms with Crippen molar-refractivity contribution in [3.05, 3.63) is 40.8 Å². The third-order valence-electron chi connectivity index (χ3n) is 2.86. The van der Waals surface area contributed by atoms with Crippen LogP contribution in [0.25, 0.3) is 11.3 Å². The largest absolute Gasteiger partial charge is 0.356 e. The Labute approximate surface area is 107 Å². The van der Waals surface area contributed by atoms with E-state index in [0.717, 1.165) is 11.1 Å². The lowest BCUT2D eigenvalue weighted by molar-refractivity contribution is 0.426. The van der Waals surface area contributed by atoms with Crippen LogP contribution in [-0.2, 0) is 21.2 Å². The summed E-state index contributed by atoms with van der Waals surface area (Å²) in [5.41, 5.74) is 2.47. The van der Waals surface area contributed by atoms with Crippen LogP contribution in [0.1, 0.15) is 16.8 Å². The van der Waals surface area contributed by atoms with E-state index in [2.05, 4.69) is 5.16 Å². The van der Waals surface area contributed by atoms with Crippen LogP contribution in [0.5, 0.6) is 0 Å². The Morgan fingerprint density at radius 1 is 1.44 bits per heavy atom. The van der Waals surface area contributed by atoms with Gasteiger partial charge in [-0.15, -0.1) is 0 Å². The number of aromatic nitrogens is 1. The summed E-state index contributed by atoms with van der Waals surface area (Å²) >= 11 is 0. The van der Waals surface area contributed by atoms with Gasteiger partial charge in [-0.1, -0.05) is 5.16 Å². The van der Waals surface area contributed by atoms with Crippen molar-refractivity contribution in [2.75, 3.05) is 0 Å². The lowest BCUT2D eigenvalue weighted by atomic mass is 10.1. The Balaban J connectivity index is 2.07. The Hall–Kier alpha value is -1.40. The molecule has 0 spiro atoms. The highest BCUT2D eigenvalue weighted by atomic mass is 35.7. The lowest BCUT2D eigenvalue weighted by Crippen LogP contribution is -1.98. The van der Waals surface area contributed by atoms with Gasteiger partial charge >= 0.3 is 0 Å². The van der Waals surface area contributed by atoms with Crippen molar-refractivity contribution < 1.29 is 17.3 Å². The number of rotatable bonds is 2. The molecule has 0 unspecified atom stereocenters. The van der Waals surface area contributed by atoms with E-state index in [1.165, 1.54) is 12.1 Å². The molecule has 2 aromatic rings. The molecule has 0 saturated heterocycles. The van der Waals surface area contributed by atoms with E-state index < -0.39 is 9.05 Å². The summed E-state index contributed by atoms with van der Waals surface area (Å²) in [6.07, 6.45) is 0.410. The molecule has 7 heteroatoms. The maximum atomic E-state index is 13.1. The summed E-state index contributed by atoms with van der Waals surface area (Å²) in [7, 11) is 1.50. The molecule has 0 aliphatic heterocycles. The zero-order valence-electron chi connectivity index (χ0n) is 8.98. The van der Waals surface area contributed by atoms with Crippen molar-refractivity contribution in [3.8, 4) is 11.3 Å². The maximum Gasteiger partial charge on any atom is 0.238 e. The lowest BCUT2D eigenvalue weighted by Gasteiger charge is -1.97. The first-order chi connectivity index (χ1) is 8.44. The van der Waals surface area contributed by atoms with Crippen molar-refractivity contribution in [1.29, 1.82) is 0 Å². The molecule has 1 aromatic carbocycles. The molecule has 0 fully saturated rings. The summed E-state index contributed by atoms with van der Waals surface area (Å²) in [6, 6.07) is 4.33. The van der Waals surface area contributed by atoms with Gasteiger partial charge in [0.2, 0.25) is 9.05 Å². The molecule has 0 N–H and O–H groups in total. The second kappa shape index (κ2) is 3.80. The second-order valence-electron chi connectivity index (χ2n) is 4.10. The van der Waals surface area contributed by atoms with Gasteiger partial charge in [0.25, 0.3) is 0 Å². The molecule has 4 nitrogen and oxygen atoms in total. The van der Waals surface area contributed by atoms with E-state index in [4.69, 9.17) is 15.2 Å². The molecule has 18 heavy (non-hydrogen) atoms.